The number of hydrogen-bond acceptors (Lipinski definition) is 1. The van der Waals surface area contributed by atoms with E-state index in [0.717, 1.165) is 19.4 Å². The van der Waals surface area contributed by atoms with Gasteiger partial charge in [0.2, 0.25) is 0 Å². The van der Waals surface area contributed by atoms with Crippen molar-refractivity contribution in [3.63, 3.8) is 0 Å². The molecule has 1 aliphatic carbocycles. The van der Waals surface area contributed by atoms with Crippen LogP contribution in [0, 0.1) is 11.8 Å². The zero-order valence-corrected chi connectivity index (χ0v) is 16.7. The number of allylic oxidation sites excluding steroid dienone is 4. The summed E-state index contributed by atoms with van der Waals surface area (Å²) in [6, 6.07) is 15.4. The summed E-state index contributed by atoms with van der Waals surface area (Å²) >= 11 is 0. The van der Waals surface area contributed by atoms with E-state index in [0.29, 0.717) is 11.8 Å². The van der Waals surface area contributed by atoms with Crippen molar-refractivity contribution < 1.29 is 0 Å². The first-order valence-corrected chi connectivity index (χ1v) is 10.9. The maximum atomic E-state index is 6.10. The first kappa shape index (κ1) is 19.9. The Bertz CT molecular complexity index is 725. The average Bonchev–Trinajstić information content (AvgIpc) is 2.73. The molecule has 1 aliphatic rings. The molecule has 0 saturated carbocycles. The molecule has 0 aliphatic heterocycles. The van der Waals surface area contributed by atoms with Gasteiger partial charge in [0.05, 0.1) is 0 Å². The highest BCUT2D eigenvalue weighted by molar-refractivity contribution is 5.85. The second kappa shape index (κ2) is 11.1. The minimum Gasteiger partial charge on any atom is -0.330 e. The Balaban J connectivity index is 1.35. The molecule has 3 rings (SSSR count). The van der Waals surface area contributed by atoms with Crippen LogP contribution in [0.3, 0.4) is 0 Å². The fraction of sp³-hybridized carbons (Fsp3) is 0.462. The monoisotopic (exact) mass is 361 g/mol. The summed E-state index contributed by atoms with van der Waals surface area (Å²) in [7, 11) is 0. The molecule has 2 N–H and O–H groups in total. The molecular weight excluding hydrogens is 326 g/mol. The van der Waals surface area contributed by atoms with Gasteiger partial charge < -0.3 is 5.73 Å². The van der Waals surface area contributed by atoms with Crippen LogP contribution < -0.4 is 5.73 Å². The molecule has 0 spiro atoms. The maximum absolute atomic E-state index is 6.10. The van der Waals surface area contributed by atoms with E-state index in [-0.39, 0.29) is 0 Å². The molecule has 0 heterocycles. The van der Waals surface area contributed by atoms with Crippen LogP contribution in [0.4, 0.5) is 0 Å². The van der Waals surface area contributed by atoms with E-state index in [1.54, 1.807) is 0 Å². The van der Waals surface area contributed by atoms with Crippen molar-refractivity contribution >= 4 is 10.8 Å². The Morgan fingerprint density at radius 3 is 2.44 bits per heavy atom. The smallest absolute Gasteiger partial charge is 0.00457 e. The number of rotatable bonds is 11. The van der Waals surface area contributed by atoms with Gasteiger partial charge in [-0.15, -0.1) is 0 Å². The Hall–Kier alpha value is -1.86. The van der Waals surface area contributed by atoms with E-state index >= 15 is 0 Å². The van der Waals surface area contributed by atoms with Gasteiger partial charge >= 0.3 is 0 Å². The third-order valence-corrected chi connectivity index (χ3v) is 5.91. The third kappa shape index (κ3) is 6.36. The molecule has 0 fully saturated rings. The van der Waals surface area contributed by atoms with Crippen LogP contribution in [0.5, 0.6) is 0 Å². The van der Waals surface area contributed by atoms with E-state index in [1.807, 2.05) is 0 Å². The van der Waals surface area contributed by atoms with Gasteiger partial charge in [0.1, 0.15) is 0 Å². The number of unbranched alkanes of at least 4 members (excludes halogenated alkanes) is 4. The number of nitrogens with two attached hydrogens (primary N) is 1. The molecular formula is C26H35N. The van der Waals surface area contributed by atoms with Crippen molar-refractivity contribution in [3.8, 4) is 0 Å². The SMILES string of the molecule is NCC(CCCCCCCC1C=CCC=C1)Cc1cccc2ccccc12. The topological polar surface area (TPSA) is 26.0 Å². The summed E-state index contributed by atoms with van der Waals surface area (Å²) in [5.41, 5.74) is 7.55. The molecule has 144 valence electrons. The lowest BCUT2D eigenvalue weighted by atomic mass is 9.91. The van der Waals surface area contributed by atoms with Crippen LogP contribution >= 0.6 is 0 Å². The van der Waals surface area contributed by atoms with E-state index in [9.17, 15) is 0 Å². The molecule has 0 amide bonds. The molecule has 1 heteroatoms. The van der Waals surface area contributed by atoms with Crippen molar-refractivity contribution in [1.82, 2.24) is 0 Å². The minimum atomic E-state index is 0.605. The van der Waals surface area contributed by atoms with Gasteiger partial charge in [-0.2, -0.15) is 0 Å². The molecule has 0 bridgehead atoms. The normalized spacial score (nSPS) is 15.4. The van der Waals surface area contributed by atoms with Gasteiger partial charge in [0.25, 0.3) is 0 Å². The van der Waals surface area contributed by atoms with Gasteiger partial charge in [-0.3, -0.25) is 0 Å². The van der Waals surface area contributed by atoms with Crippen LogP contribution in [-0.4, -0.2) is 6.54 Å². The second-order valence-electron chi connectivity index (χ2n) is 8.05. The van der Waals surface area contributed by atoms with Crippen molar-refractivity contribution in [3.05, 3.63) is 72.3 Å². The number of benzene rings is 2. The Kier molecular flexibility index (Phi) is 8.17. The molecule has 2 aromatic rings. The van der Waals surface area contributed by atoms with Crippen LogP contribution in [-0.2, 0) is 6.42 Å². The molecule has 2 aromatic carbocycles. The van der Waals surface area contributed by atoms with Crippen LogP contribution in [0.25, 0.3) is 10.8 Å². The fourth-order valence-corrected chi connectivity index (χ4v) is 4.27. The first-order chi connectivity index (χ1) is 13.4. The zero-order chi connectivity index (χ0) is 18.7. The third-order valence-electron chi connectivity index (χ3n) is 5.91. The van der Waals surface area contributed by atoms with Crippen molar-refractivity contribution in [1.29, 1.82) is 0 Å². The summed E-state index contributed by atoms with van der Waals surface area (Å²) < 4.78 is 0. The average molecular weight is 362 g/mol. The van der Waals surface area contributed by atoms with E-state index < -0.39 is 0 Å². The molecule has 0 aromatic heterocycles. The first-order valence-electron chi connectivity index (χ1n) is 10.9. The summed E-state index contributed by atoms with van der Waals surface area (Å²) in [6.07, 6.45) is 20.9. The predicted molar refractivity (Wildman–Crippen MR) is 119 cm³/mol. The minimum absolute atomic E-state index is 0.605. The van der Waals surface area contributed by atoms with Crippen LogP contribution in [0.1, 0.15) is 56.9 Å². The van der Waals surface area contributed by atoms with Crippen molar-refractivity contribution in [2.75, 3.05) is 6.54 Å². The largest absolute Gasteiger partial charge is 0.330 e. The van der Waals surface area contributed by atoms with Crippen molar-refractivity contribution in [2.24, 2.45) is 17.6 Å². The Labute approximate surface area is 165 Å². The van der Waals surface area contributed by atoms with Gasteiger partial charge in [-0.25, -0.2) is 0 Å². The summed E-state index contributed by atoms with van der Waals surface area (Å²) in [6.45, 7) is 0.795. The molecule has 27 heavy (non-hydrogen) atoms. The number of hydrogen-bond donors (Lipinski definition) is 1. The van der Waals surface area contributed by atoms with Crippen LogP contribution in [0.15, 0.2) is 66.8 Å². The van der Waals surface area contributed by atoms with Gasteiger partial charge in [0.15, 0.2) is 0 Å². The van der Waals surface area contributed by atoms with E-state index in [1.165, 1.54) is 61.3 Å². The van der Waals surface area contributed by atoms with Crippen LogP contribution in [0.2, 0.25) is 0 Å². The molecule has 0 saturated heterocycles. The number of fused-ring (bicyclic) bond motifs is 1. The van der Waals surface area contributed by atoms with Gasteiger partial charge in [0, 0.05) is 0 Å². The highest BCUT2D eigenvalue weighted by Crippen LogP contribution is 2.24. The van der Waals surface area contributed by atoms with E-state index in [4.69, 9.17) is 5.73 Å². The Morgan fingerprint density at radius 1 is 0.852 bits per heavy atom. The molecule has 1 unspecified atom stereocenters. The molecule has 0 radical (unpaired) electrons. The summed E-state index contributed by atoms with van der Waals surface area (Å²) in [5.74, 6) is 1.30. The predicted octanol–water partition coefficient (Wildman–Crippen LogP) is 6.82. The van der Waals surface area contributed by atoms with Gasteiger partial charge in [-0.05, 0) is 60.4 Å². The highest BCUT2D eigenvalue weighted by Gasteiger charge is 2.10. The van der Waals surface area contributed by atoms with Crippen molar-refractivity contribution in [2.45, 2.75) is 57.8 Å². The zero-order valence-electron chi connectivity index (χ0n) is 16.7. The van der Waals surface area contributed by atoms with E-state index in [2.05, 4.69) is 66.8 Å². The molecule has 1 nitrogen and oxygen atoms in total. The lowest BCUT2D eigenvalue weighted by Crippen LogP contribution is -2.17. The lowest BCUT2D eigenvalue weighted by molar-refractivity contribution is 0.455. The Morgan fingerprint density at radius 2 is 1.59 bits per heavy atom. The standard InChI is InChI=1S/C26H35N/c27-21-23(20-25-18-11-17-24-16-9-10-19-26(24)25)15-6-3-1-2-5-12-22-13-7-4-8-14-22/h7-11,13-14,16-19,22-23H,1-6,12,15,20-21,27H2. The summed E-state index contributed by atoms with van der Waals surface area (Å²) in [5, 5.41) is 2.73. The highest BCUT2D eigenvalue weighted by atomic mass is 14.5. The van der Waals surface area contributed by atoms with Gasteiger partial charge in [-0.1, -0.05) is 98.9 Å². The fourth-order valence-electron chi connectivity index (χ4n) is 4.27. The molecule has 1 atom stereocenters. The lowest BCUT2D eigenvalue weighted by Gasteiger charge is -2.16. The quantitative estimate of drug-likeness (QED) is 0.345. The second-order valence-corrected chi connectivity index (χ2v) is 8.05. The maximum Gasteiger partial charge on any atom is -0.00457 e. The summed E-state index contributed by atoms with van der Waals surface area (Å²) in [4.78, 5) is 0.